The molecule has 0 atom stereocenters. The molecule has 2 aliphatic rings. The lowest BCUT2D eigenvalue weighted by atomic mass is 9.95. The second kappa shape index (κ2) is 19.6. The van der Waals surface area contributed by atoms with Gasteiger partial charge in [0.2, 0.25) is 10.0 Å². The minimum absolute atomic E-state index is 0.0284. The number of nitrogens with one attached hydrogen (secondary N) is 3. The van der Waals surface area contributed by atoms with Gasteiger partial charge in [0.15, 0.2) is 34.9 Å². The van der Waals surface area contributed by atoms with E-state index in [4.69, 9.17) is 10.7 Å². The highest BCUT2D eigenvalue weighted by Crippen LogP contribution is 2.29. The Kier molecular flexibility index (Phi) is 15.7. The van der Waals surface area contributed by atoms with Gasteiger partial charge in [-0.2, -0.15) is 4.31 Å². The highest BCUT2D eigenvalue weighted by Gasteiger charge is 2.36. The van der Waals surface area contributed by atoms with Crippen molar-refractivity contribution in [3.05, 3.63) is 118 Å². The van der Waals surface area contributed by atoms with Crippen LogP contribution in [0, 0.1) is 46.5 Å². The van der Waals surface area contributed by atoms with Crippen LogP contribution in [0.25, 0.3) is 0 Å². The summed E-state index contributed by atoms with van der Waals surface area (Å²) in [6.07, 6.45) is 2.12. The van der Waals surface area contributed by atoms with Crippen molar-refractivity contribution in [1.29, 1.82) is 0 Å². The lowest BCUT2D eigenvalue weighted by Gasteiger charge is -2.35. The minimum atomic E-state index is -4.43. The fraction of sp³-hybridized carbons (Fsp3) is 0.316. The summed E-state index contributed by atoms with van der Waals surface area (Å²) in [5.74, 6) is -13.7. The van der Waals surface area contributed by atoms with Gasteiger partial charge in [-0.05, 0) is 89.0 Å². The summed E-state index contributed by atoms with van der Waals surface area (Å²) in [6.45, 7) is 5.34. The molecular formula is C38H37ClF8N4O8S2. The van der Waals surface area contributed by atoms with Gasteiger partial charge in [-0.1, -0.05) is 0 Å². The molecule has 0 aliphatic carbocycles. The zero-order valence-electron chi connectivity index (χ0n) is 31.9. The number of carbonyl (C=O) groups is 2. The smallest absolute Gasteiger partial charge is 0.264 e. The molecule has 12 nitrogen and oxygen atoms in total. The molecule has 0 unspecified atom stereocenters. The van der Waals surface area contributed by atoms with E-state index in [1.165, 1.54) is 0 Å². The van der Waals surface area contributed by atoms with Crippen molar-refractivity contribution in [2.24, 2.45) is 0 Å². The van der Waals surface area contributed by atoms with E-state index in [1.54, 1.807) is 6.92 Å². The Hall–Kier alpha value is -4.71. The van der Waals surface area contributed by atoms with Crippen molar-refractivity contribution in [2.75, 3.05) is 36.8 Å². The van der Waals surface area contributed by atoms with Gasteiger partial charge in [0, 0.05) is 70.5 Å². The maximum absolute atomic E-state index is 14.3. The number of amides is 2. The third-order valence-electron chi connectivity index (χ3n) is 9.23. The van der Waals surface area contributed by atoms with Gasteiger partial charge in [0.1, 0.15) is 21.4 Å². The van der Waals surface area contributed by atoms with Crippen molar-refractivity contribution < 1.29 is 71.8 Å². The van der Waals surface area contributed by atoms with E-state index in [-0.39, 0.29) is 42.7 Å². The first-order valence-corrected chi connectivity index (χ1v) is 21.6. The Bertz CT molecular complexity index is 2470. The zero-order valence-corrected chi connectivity index (χ0v) is 34.3. The number of halogens is 9. The molecule has 2 heterocycles. The molecule has 0 bridgehead atoms. The van der Waals surface area contributed by atoms with Crippen molar-refractivity contribution in [1.82, 2.24) is 9.62 Å². The van der Waals surface area contributed by atoms with Gasteiger partial charge in [0.25, 0.3) is 20.9 Å². The lowest BCUT2D eigenvalue weighted by molar-refractivity contribution is 0.0125. The monoisotopic (exact) mass is 928 g/mol. The molecule has 4 aromatic rings. The Labute approximate surface area is 349 Å². The molecule has 0 saturated carbocycles. The molecular weight excluding hydrogens is 892 g/mol. The molecule has 2 saturated heterocycles. The standard InChI is InChI=1S/C19H18F4N2O4S.C13H6ClF4NO3S.C6H13NO/c1-19(27)4-6-25(7-5-19)30(28,29)16-8-11(2-3-13(16)20)18(26)24-12-9-14(21)17(23)15(22)10-12;14-23(21,22)11-3-6(1-2-8(11)15)13(20)19-7-4-9(16)12(18)10(17)5-7;1-6(8)2-4-7-5-3-6/h2-3,8-10,27H,4-7H2,1H3,(H,24,26);1-5H,(H,19,20);7-8H,2-5H2,1H3. The van der Waals surface area contributed by atoms with Crippen molar-refractivity contribution in [3.63, 3.8) is 0 Å². The molecule has 2 amide bonds. The SMILES string of the molecule is CC1(O)CCN(S(=O)(=O)c2cc(C(=O)Nc3cc(F)c(F)c(F)c3)ccc2F)CC1.CC1(O)CCNCC1.O=C(Nc1cc(F)c(F)c(F)c1)c1ccc(F)c(S(=O)(=O)Cl)c1. The Morgan fingerprint density at radius 1 is 0.607 bits per heavy atom. The number of aliphatic hydroxyl groups is 2. The van der Waals surface area contributed by atoms with Gasteiger partial charge in [-0.3, -0.25) is 9.59 Å². The van der Waals surface area contributed by atoms with Gasteiger partial charge in [0.05, 0.1) is 11.2 Å². The number of sulfonamides is 1. The quantitative estimate of drug-likeness (QED) is 0.0778. The Morgan fingerprint density at radius 2 is 0.967 bits per heavy atom. The summed E-state index contributed by atoms with van der Waals surface area (Å²) in [5.41, 5.74) is -2.84. The third kappa shape index (κ3) is 13.1. The molecule has 2 fully saturated rings. The summed E-state index contributed by atoms with van der Waals surface area (Å²) >= 11 is 0. The van der Waals surface area contributed by atoms with Crippen LogP contribution in [-0.2, 0) is 19.1 Å². The number of hydrogen-bond acceptors (Lipinski definition) is 9. The molecule has 0 aromatic heterocycles. The number of rotatable bonds is 7. The predicted molar refractivity (Wildman–Crippen MR) is 206 cm³/mol. The molecule has 0 spiro atoms. The van der Waals surface area contributed by atoms with Gasteiger partial charge >= 0.3 is 0 Å². The van der Waals surface area contributed by atoms with Crippen LogP contribution >= 0.6 is 10.7 Å². The third-order valence-corrected chi connectivity index (χ3v) is 12.5. The molecule has 5 N–H and O–H groups in total. The summed E-state index contributed by atoms with van der Waals surface area (Å²) in [6, 6.07) is 7.04. The molecule has 23 heteroatoms. The molecule has 332 valence electrons. The van der Waals surface area contributed by atoms with E-state index in [9.17, 15) is 71.8 Å². The first-order chi connectivity index (χ1) is 28.2. The molecule has 6 rings (SSSR count). The number of anilines is 2. The molecule has 4 aromatic carbocycles. The molecule has 2 aliphatic heterocycles. The maximum atomic E-state index is 14.3. The van der Waals surface area contributed by atoms with Gasteiger partial charge in [-0.25, -0.2) is 52.0 Å². The van der Waals surface area contributed by atoms with Gasteiger partial charge in [-0.15, -0.1) is 0 Å². The van der Waals surface area contributed by atoms with E-state index in [0.717, 1.165) is 54.5 Å². The van der Waals surface area contributed by atoms with Crippen LogP contribution in [0.5, 0.6) is 0 Å². The van der Waals surface area contributed by atoms with E-state index in [2.05, 4.69) is 10.6 Å². The first kappa shape index (κ1) is 49.0. The van der Waals surface area contributed by atoms with Crippen LogP contribution < -0.4 is 16.0 Å². The summed E-state index contributed by atoms with van der Waals surface area (Å²) in [7, 11) is -3.71. The number of benzene rings is 4. The van der Waals surface area contributed by atoms with Crippen LogP contribution in [0.1, 0.15) is 60.2 Å². The summed E-state index contributed by atoms with van der Waals surface area (Å²) in [5, 5.41) is 26.6. The van der Waals surface area contributed by atoms with Crippen LogP contribution in [0.4, 0.5) is 46.5 Å². The average molecular weight is 929 g/mol. The van der Waals surface area contributed by atoms with Gasteiger partial charge < -0.3 is 26.2 Å². The Balaban J connectivity index is 0.000000232. The maximum Gasteiger partial charge on any atom is 0.264 e. The first-order valence-electron chi connectivity index (χ1n) is 17.8. The second-order valence-electron chi connectivity index (χ2n) is 14.3. The van der Waals surface area contributed by atoms with Crippen molar-refractivity contribution in [2.45, 2.75) is 60.5 Å². The van der Waals surface area contributed by atoms with Crippen LogP contribution in [0.3, 0.4) is 0 Å². The van der Waals surface area contributed by atoms with E-state index >= 15 is 0 Å². The fourth-order valence-electron chi connectivity index (χ4n) is 5.65. The number of nitrogens with zero attached hydrogens (tertiary/aromatic N) is 1. The second-order valence-corrected chi connectivity index (χ2v) is 18.7. The van der Waals surface area contributed by atoms with E-state index in [0.29, 0.717) is 36.4 Å². The largest absolute Gasteiger partial charge is 0.390 e. The Morgan fingerprint density at radius 3 is 1.33 bits per heavy atom. The normalized spacial score (nSPS) is 16.3. The summed E-state index contributed by atoms with van der Waals surface area (Å²) < 4.78 is 155. The number of piperidine rings is 2. The van der Waals surface area contributed by atoms with E-state index < -0.39 is 104 Å². The highest BCUT2D eigenvalue weighted by atomic mass is 35.7. The number of hydrogen-bond donors (Lipinski definition) is 5. The van der Waals surface area contributed by atoms with Crippen LogP contribution in [-0.4, -0.2) is 80.5 Å². The van der Waals surface area contributed by atoms with Crippen molar-refractivity contribution >= 4 is 52.9 Å². The van der Waals surface area contributed by atoms with Crippen LogP contribution in [0.2, 0.25) is 0 Å². The fourth-order valence-corrected chi connectivity index (χ4v) is 8.10. The molecule has 0 radical (unpaired) electrons. The predicted octanol–water partition coefficient (Wildman–Crippen LogP) is 6.57. The van der Waals surface area contributed by atoms with Crippen LogP contribution in [0.15, 0.2) is 70.5 Å². The molecule has 61 heavy (non-hydrogen) atoms. The highest BCUT2D eigenvalue weighted by molar-refractivity contribution is 8.13. The topological polar surface area (TPSA) is 182 Å². The average Bonchev–Trinajstić information content (AvgIpc) is 3.16. The van der Waals surface area contributed by atoms with Crippen molar-refractivity contribution in [3.8, 4) is 0 Å². The van der Waals surface area contributed by atoms with E-state index in [1.807, 2.05) is 12.2 Å². The zero-order chi connectivity index (χ0) is 45.7. The number of carbonyl (C=O) groups excluding carboxylic acids is 2. The summed E-state index contributed by atoms with van der Waals surface area (Å²) in [4.78, 5) is 22.6. The minimum Gasteiger partial charge on any atom is -0.390 e. The lowest BCUT2D eigenvalue weighted by Crippen LogP contribution is -2.45.